The van der Waals surface area contributed by atoms with Crippen LogP contribution >= 0.6 is 24.0 Å². The van der Waals surface area contributed by atoms with Crippen LogP contribution in [0.1, 0.15) is 13.8 Å². The highest BCUT2D eigenvalue weighted by atomic mass is 32.2. The minimum absolute atomic E-state index is 0.294. The molecular weight excluding hydrogens is 200 g/mol. The predicted octanol–water partition coefficient (Wildman–Crippen LogP) is 0.978. The van der Waals surface area contributed by atoms with Gasteiger partial charge in [0.2, 0.25) is 0 Å². The van der Waals surface area contributed by atoms with E-state index in [-0.39, 0.29) is 0 Å². The summed E-state index contributed by atoms with van der Waals surface area (Å²) in [7, 11) is 0. The normalized spacial score (nSPS) is 23.9. The highest BCUT2D eigenvalue weighted by Crippen LogP contribution is 2.39. The molecule has 0 aromatic rings. The fourth-order valence-corrected chi connectivity index (χ4v) is 2.41. The fraction of sp³-hybridized carbons (Fsp3) is 0.667. The van der Waals surface area contributed by atoms with Gasteiger partial charge in [0.15, 0.2) is 5.11 Å². The van der Waals surface area contributed by atoms with Crippen LogP contribution in [0.4, 0.5) is 0 Å². The number of rotatable bonds is 2. The van der Waals surface area contributed by atoms with Gasteiger partial charge < -0.3 is 10.6 Å². The molecule has 1 saturated heterocycles. The molecule has 0 radical (unpaired) electrons. The Morgan fingerprint density at radius 1 is 1.77 bits per heavy atom. The molecule has 1 aliphatic heterocycles. The third kappa shape index (κ3) is 2.78. The molecule has 0 aliphatic carbocycles. The van der Waals surface area contributed by atoms with Gasteiger partial charge in [-0.2, -0.15) is 11.8 Å². The van der Waals surface area contributed by atoms with Crippen LogP contribution in [0.5, 0.6) is 0 Å². The topological polar surface area (TPSA) is 24.1 Å². The van der Waals surface area contributed by atoms with Crippen molar-refractivity contribution in [3.63, 3.8) is 0 Å². The van der Waals surface area contributed by atoms with Gasteiger partial charge >= 0.3 is 0 Å². The van der Waals surface area contributed by atoms with Crippen LogP contribution in [0.2, 0.25) is 0 Å². The number of hydrogen-bond donors (Lipinski definition) is 2. The number of terminal acetylenes is 1. The van der Waals surface area contributed by atoms with Crippen molar-refractivity contribution in [3.8, 4) is 12.3 Å². The van der Waals surface area contributed by atoms with Crippen molar-refractivity contribution >= 4 is 29.1 Å². The summed E-state index contributed by atoms with van der Waals surface area (Å²) in [6.45, 7) is 4.91. The lowest BCUT2D eigenvalue weighted by Crippen LogP contribution is -2.58. The van der Waals surface area contributed by atoms with E-state index in [2.05, 4.69) is 30.4 Å². The molecule has 0 aromatic heterocycles. The molecule has 0 spiro atoms. The molecule has 2 N–H and O–H groups in total. The highest BCUT2D eigenvalue weighted by molar-refractivity contribution is 8.02. The standard InChI is InChI=1S/C9H14N2S2/c1-4-5-10-8(12)11-7-6-13-9(7,2)3/h1,7H,5-6H2,2-3H3,(H2,10,11,12). The Morgan fingerprint density at radius 2 is 2.46 bits per heavy atom. The number of hydrogen-bond acceptors (Lipinski definition) is 2. The van der Waals surface area contributed by atoms with Gasteiger partial charge in [0, 0.05) is 10.5 Å². The Bertz CT molecular complexity index is 242. The van der Waals surface area contributed by atoms with E-state index in [0.29, 0.717) is 22.4 Å². The van der Waals surface area contributed by atoms with Crippen LogP contribution in [-0.4, -0.2) is 28.2 Å². The van der Waals surface area contributed by atoms with Gasteiger partial charge in [-0.1, -0.05) is 5.92 Å². The average Bonchev–Trinajstić information content (AvgIpc) is 2.09. The van der Waals surface area contributed by atoms with E-state index in [1.165, 1.54) is 0 Å². The molecule has 2 nitrogen and oxygen atoms in total. The van der Waals surface area contributed by atoms with E-state index in [1.807, 2.05) is 11.8 Å². The summed E-state index contributed by atoms with van der Waals surface area (Å²) in [6.07, 6.45) is 5.10. The molecule has 4 heteroatoms. The molecule has 1 rings (SSSR count). The first-order valence-electron chi connectivity index (χ1n) is 4.18. The van der Waals surface area contributed by atoms with Gasteiger partial charge in [-0.25, -0.2) is 0 Å². The first-order valence-corrected chi connectivity index (χ1v) is 5.57. The Hall–Kier alpha value is -0.400. The maximum Gasteiger partial charge on any atom is 0.167 e. The van der Waals surface area contributed by atoms with Gasteiger partial charge in [-0.15, -0.1) is 6.42 Å². The molecule has 0 bridgehead atoms. The van der Waals surface area contributed by atoms with Gasteiger partial charge in [0.05, 0.1) is 12.6 Å². The summed E-state index contributed by atoms with van der Waals surface area (Å²) in [6, 6.07) is 0.468. The zero-order valence-corrected chi connectivity index (χ0v) is 9.52. The first kappa shape index (κ1) is 10.7. The Kier molecular flexibility index (Phi) is 3.46. The number of thioether (sulfide) groups is 1. The van der Waals surface area contributed by atoms with Crippen LogP contribution in [0.3, 0.4) is 0 Å². The summed E-state index contributed by atoms with van der Waals surface area (Å²) in [5, 5.41) is 6.85. The SMILES string of the molecule is C#CCNC(=S)NC1CSC1(C)C. The van der Waals surface area contributed by atoms with Gasteiger partial charge in [-0.3, -0.25) is 0 Å². The van der Waals surface area contributed by atoms with Gasteiger partial charge in [0.25, 0.3) is 0 Å². The Morgan fingerprint density at radius 3 is 2.85 bits per heavy atom. The number of nitrogens with one attached hydrogen (secondary N) is 2. The fourth-order valence-electron chi connectivity index (χ4n) is 1.06. The summed E-state index contributed by atoms with van der Waals surface area (Å²) in [4.78, 5) is 0. The minimum Gasteiger partial charge on any atom is -0.358 e. The van der Waals surface area contributed by atoms with Crippen LogP contribution in [0, 0.1) is 12.3 Å². The lowest BCUT2D eigenvalue weighted by Gasteiger charge is -2.44. The zero-order chi connectivity index (χ0) is 9.90. The molecule has 1 unspecified atom stereocenters. The van der Waals surface area contributed by atoms with Crippen molar-refractivity contribution in [2.45, 2.75) is 24.6 Å². The molecule has 0 amide bonds. The molecule has 1 aliphatic rings. The predicted molar refractivity (Wildman–Crippen MR) is 62.9 cm³/mol. The first-order chi connectivity index (χ1) is 6.06. The zero-order valence-electron chi connectivity index (χ0n) is 7.89. The highest BCUT2D eigenvalue weighted by Gasteiger charge is 2.39. The third-order valence-electron chi connectivity index (χ3n) is 2.12. The summed E-state index contributed by atoms with van der Waals surface area (Å²) in [5.41, 5.74) is 0. The van der Waals surface area contributed by atoms with E-state index in [0.717, 1.165) is 5.75 Å². The van der Waals surface area contributed by atoms with Crippen molar-refractivity contribution < 1.29 is 0 Å². The second-order valence-corrected chi connectivity index (χ2v) is 5.58. The van der Waals surface area contributed by atoms with Crippen LogP contribution in [0.15, 0.2) is 0 Å². The van der Waals surface area contributed by atoms with E-state index < -0.39 is 0 Å². The second-order valence-electron chi connectivity index (χ2n) is 3.50. The second kappa shape index (κ2) is 4.21. The van der Waals surface area contributed by atoms with Crippen molar-refractivity contribution in [1.82, 2.24) is 10.6 Å². The van der Waals surface area contributed by atoms with Crippen molar-refractivity contribution in [1.29, 1.82) is 0 Å². The molecule has 13 heavy (non-hydrogen) atoms. The van der Waals surface area contributed by atoms with Gasteiger partial charge in [-0.05, 0) is 26.1 Å². The molecule has 0 saturated carbocycles. The molecule has 72 valence electrons. The van der Waals surface area contributed by atoms with Crippen molar-refractivity contribution in [2.75, 3.05) is 12.3 Å². The van der Waals surface area contributed by atoms with E-state index in [9.17, 15) is 0 Å². The summed E-state index contributed by atoms with van der Waals surface area (Å²) in [5.74, 6) is 3.60. The molecule has 0 aromatic carbocycles. The van der Waals surface area contributed by atoms with Crippen LogP contribution < -0.4 is 10.6 Å². The minimum atomic E-state index is 0.294. The Balaban J connectivity index is 2.26. The van der Waals surface area contributed by atoms with Crippen molar-refractivity contribution in [3.05, 3.63) is 0 Å². The van der Waals surface area contributed by atoms with Gasteiger partial charge in [0.1, 0.15) is 0 Å². The van der Waals surface area contributed by atoms with Crippen LogP contribution in [0.25, 0.3) is 0 Å². The largest absolute Gasteiger partial charge is 0.358 e. The lowest BCUT2D eigenvalue weighted by atomic mass is 10.0. The Labute approximate surface area is 89.2 Å². The summed E-state index contributed by atoms with van der Waals surface area (Å²) < 4.78 is 0.294. The molecule has 1 fully saturated rings. The summed E-state index contributed by atoms with van der Waals surface area (Å²) >= 11 is 7.02. The molecular formula is C9H14N2S2. The number of thiocarbonyl (C=S) groups is 1. The maximum atomic E-state index is 5.10. The molecule has 1 heterocycles. The van der Waals surface area contributed by atoms with E-state index in [4.69, 9.17) is 18.6 Å². The average molecular weight is 214 g/mol. The lowest BCUT2D eigenvalue weighted by molar-refractivity contribution is 0.498. The van der Waals surface area contributed by atoms with Crippen LogP contribution in [-0.2, 0) is 0 Å². The quantitative estimate of drug-likeness (QED) is 0.528. The smallest absolute Gasteiger partial charge is 0.167 e. The third-order valence-corrected chi connectivity index (χ3v) is 3.91. The van der Waals surface area contributed by atoms with E-state index in [1.54, 1.807) is 0 Å². The maximum absolute atomic E-state index is 5.10. The van der Waals surface area contributed by atoms with Crippen molar-refractivity contribution in [2.24, 2.45) is 0 Å². The monoisotopic (exact) mass is 214 g/mol. The van der Waals surface area contributed by atoms with E-state index >= 15 is 0 Å². The molecule has 1 atom stereocenters.